The second kappa shape index (κ2) is 4.49. The first-order chi connectivity index (χ1) is 7.20. The summed E-state index contributed by atoms with van der Waals surface area (Å²) in [7, 11) is 0. The summed E-state index contributed by atoms with van der Waals surface area (Å²) >= 11 is 3.42. The highest BCUT2D eigenvalue weighted by atomic mass is 79.9. The van der Waals surface area contributed by atoms with E-state index in [1.54, 1.807) is 0 Å². The third kappa shape index (κ3) is 2.32. The fraction of sp³-hybridized carbons (Fsp3) is 0.545. The van der Waals surface area contributed by atoms with Crippen molar-refractivity contribution >= 4 is 21.7 Å². The Bertz CT molecular complexity index is 354. The Labute approximate surface area is 98.8 Å². The Morgan fingerprint density at radius 3 is 3.07 bits per heavy atom. The van der Waals surface area contributed by atoms with E-state index in [0.717, 1.165) is 34.9 Å². The summed E-state index contributed by atoms with van der Waals surface area (Å²) in [4.78, 5) is 6.80. The molecule has 0 radical (unpaired) electrons. The number of nitrogens with two attached hydrogens (primary N) is 1. The van der Waals surface area contributed by atoms with E-state index in [0.29, 0.717) is 6.54 Å². The molecule has 1 unspecified atom stereocenters. The molecule has 1 aliphatic rings. The van der Waals surface area contributed by atoms with E-state index >= 15 is 0 Å². The normalized spacial score (nSPS) is 21.0. The number of halogens is 1. The van der Waals surface area contributed by atoms with Gasteiger partial charge < -0.3 is 10.6 Å². The maximum absolute atomic E-state index is 5.73. The lowest BCUT2D eigenvalue weighted by Gasteiger charge is -2.20. The molecule has 1 aromatic heterocycles. The zero-order valence-corrected chi connectivity index (χ0v) is 10.5. The van der Waals surface area contributed by atoms with Crippen molar-refractivity contribution in [3.05, 3.63) is 22.3 Å². The lowest BCUT2D eigenvalue weighted by atomic mass is 10.2. The smallest absolute Gasteiger partial charge is 0.133 e. The van der Waals surface area contributed by atoms with Gasteiger partial charge in [-0.15, -0.1) is 0 Å². The van der Waals surface area contributed by atoms with Gasteiger partial charge in [0, 0.05) is 35.9 Å². The van der Waals surface area contributed by atoms with E-state index in [2.05, 4.69) is 38.8 Å². The molecule has 4 heteroatoms. The van der Waals surface area contributed by atoms with Gasteiger partial charge in [0.25, 0.3) is 0 Å². The molecule has 82 valence electrons. The maximum atomic E-state index is 5.73. The first-order valence-electron chi connectivity index (χ1n) is 5.30. The van der Waals surface area contributed by atoms with Crippen LogP contribution in [-0.2, 0) is 6.54 Å². The molecule has 0 saturated carbocycles. The van der Waals surface area contributed by atoms with Crippen LogP contribution in [0.15, 0.2) is 16.7 Å². The van der Waals surface area contributed by atoms with E-state index < -0.39 is 0 Å². The monoisotopic (exact) mass is 269 g/mol. The third-order valence-electron chi connectivity index (χ3n) is 2.85. The van der Waals surface area contributed by atoms with Gasteiger partial charge in [-0.2, -0.15) is 0 Å². The number of hydrogen-bond donors (Lipinski definition) is 1. The maximum Gasteiger partial charge on any atom is 0.133 e. The molecule has 1 aromatic rings. The third-order valence-corrected chi connectivity index (χ3v) is 3.29. The lowest BCUT2D eigenvalue weighted by molar-refractivity contribution is 0.658. The van der Waals surface area contributed by atoms with Crippen molar-refractivity contribution in [2.45, 2.75) is 19.9 Å². The first kappa shape index (κ1) is 10.9. The van der Waals surface area contributed by atoms with Crippen molar-refractivity contribution in [3.8, 4) is 0 Å². The van der Waals surface area contributed by atoms with Crippen molar-refractivity contribution in [2.75, 3.05) is 18.0 Å². The van der Waals surface area contributed by atoms with Crippen LogP contribution in [0.5, 0.6) is 0 Å². The summed E-state index contributed by atoms with van der Waals surface area (Å²) in [5, 5.41) is 0. The highest BCUT2D eigenvalue weighted by molar-refractivity contribution is 9.10. The number of rotatable bonds is 2. The van der Waals surface area contributed by atoms with Gasteiger partial charge >= 0.3 is 0 Å². The minimum Gasteiger partial charge on any atom is -0.356 e. The van der Waals surface area contributed by atoms with Crippen LogP contribution in [0.3, 0.4) is 0 Å². The molecule has 1 atom stereocenters. The van der Waals surface area contributed by atoms with Crippen LogP contribution in [0.25, 0.3) is 0 Å². The van der Waals surface area contributed by atoms with Crippen LogP contribution < -0.4 is 10.6 Å². The Balaban J connectivity index is 2.27. The SMILES string of the molecule is CC1CCN(c2ncc(Br)cc2CN)C1. The Kier molecular flexibility index (Phi) is 3.26. The number of nitrogens with zero attached hydrogens (tertiary/aromatic N) is 2. The van der Waals surface area contributed by atoms with Crippen molar-refractivity contribution in [1.29, 1.82) is 0 Å². The highest BCUT2D eigenvalue weighted by Gasteiger charge is 2.21. The number of anilines is 1. The number of pyridine rings is 1. The van der Waals surface area contributed by atoms with E-state index in [9.17, 15) is 0 Å². The molecule has 0 spiro atoms. The van der Waals surface area contributed by atoms with Gasteiger partial charge in [-0.25, -0.2) is 4.98 Å². The van der Waals surface area contributed by atoms with Crippen molar-refractivity contribution < 1.29 is 0 Å². The minimum atomic E-state index is 0.548. The molecule has 0 amide bonds. The summed E-state index contributed by atoms with van der Waals surface area (Å²) in [5.74, 6) is 1.83. The van der Waals surface area contributed by atoms with Crippen molar-refractivity contribution in [1.82, 2.24) is 4.98 Å². The second-order valence-corrected chi connectivity index (χ2v) is 5.10. The quantitative estimate of drug-likeness (QED) is 0.895. The average molecular weight is 270 g/mol. The van der Waals surface area contributed by atoms with E-state index in [-0.39, 0.29) is 0 Å². The molecular formula is C11H16BrN3. The number of hydrogen-bond acceptors (Lipinski definition) is 3. The molecule has 3 nitrogen and oxygen atoms in total. The summed E-state index contributed by atoms with van der Waals surface area (Å²) in [5.41, 5.74) is 6.86. The average Bonchev–Trinajstić information content (AvgIpc) is 2.64. The van der Waals surface area contributed by atoms with Gasteiger partial charge in [0.05, 0.1) is 0 Å². The molecular weight excluding hydrogens is 254 g/mol. The molecule has 2 N–H and O–H groups in total. The van der Waals surface area contributed by atoms with Gasteiger partial charge in [-0.3, -0.25) is 0 Å². The van der Waals surface area contributed by atoms with Crippen molar-refractivity contribution in [3.63, 3.8) is 0 Å². The Hall–Kier alpha value is -0.610. The molecule has 2 rings (SSSR count). The standard InChI is InChI=1S/C11H16BrN3/c1-8-2-3-15(7-8)11-9(5-13)4-10(12)6-14-11/h4,6,8H,2-3,5,7,13H2,1H3. The largest absolute Gasteiger partial charge is 0.356 e. The van der Waals surface area contributed by atoms with Gasteiger partial charge in [0.1, 0.15) is 5.82 Å². The lowest BCUT2D eigenvalue weighted by Crippen LogP contribution is -2.22. The van der Waals surface area contributed by atoms with Gasteiger partial charge in [-0.05, 0) is 34.3 Å². The van der Waals surface area contributed by atoms with Crippen molar-refractivity contribution in [2.24, 2.45) is 11.7 Å². The predicted octanol–water partition coefficient (Wildman–Crippen LogP) is 2.15. The summed E-state index contributed by atoms with van der Waals surface area (Å²) in [6.45, 7) is 5.03. The van der Waals surface area contributed by atoms with E-state index in [1.165, 1.54) is 6.42 Å². The van der Waals surface area contributed by atoms with Crippen LogP contribution in [0.4, 0.5) is 5.82 Å². The Morgan fingerprint density at radius 2 is 2.47 bits per heavy atom. The second-order valence-electron chi connectivity index (χ2n) is 4.18. The van der Waals surface area contributed by atoms with Crippen LogP contribution in [0, 0.1) is 5.92 Å². The molecule has 0 aromatic carbocycles. The molecule has 0 bridgehead atoms. The molecule has 15 heavy (non-hydrogen) atoms. The summed E-state index contributed by atoms with van der Waals surface area (Å²) in [6.07, 6.45) is 3.10. The van der Waals surface area contributed by atoms with Crippen LogP contribution in [0.1, 0.15) is 18.9 Å². The Morgan fingerprint density at radius 1 is 1.67 bits per heavy atom. The molecule has 2 heterocycles. The van der Waals surface area contributed by atoms with Gasteiger partial charge in [0.15, 0.2) is 0 Å². The fourth-order valence-corrected chi connectivity index (χ4v) is 2.42. The predicted molar refractivity (Wildman–Crippen MR) is 65.8 cm³/mol. The van der Waals surface area contributed by atoms with Crippen LogP contribution in [0.2, 0.25) is 0 Å². The highest BCUT2D eigenvalue weighted by Crippen LogP contribution is 2.26. The van der Waals surface area contributed by atoms with Gasteiger partial charge in [-0.1, -0.05) is 6.92 Å². The molecule has 1 saturated heterocycles. The molecule has 1 aliphatic heterocycles. The fourth-order valence-electron chi connectivity index (χ4n) is 2.04. The van der Waals surface area contributed by atoms with Crippen LogP contribution >= 0.6 is 15.9 Å². The van der Waals surface area contributed by atoms with E-state index in [1.807, 2.05) is 6.20 Å². The molecule has 1 fully saturated rings. The zero-order chi connectivity index (χ0) is 10.8. The zero-order valence-electron chi connectivity index (χ0n) is 8.91. The van der Waals surface area contributed by atoms with E-state index in [4.69, 9.17) is 5.73 Å². The summed E-state index contributed by atoms with van der Waals surface area (Å²) < 4.78 is 0.999. The van der Waals surface area contributed by atoms with Crippen LogP contribution in [-0.4, -0.2) is 18.1 Å². The van der Waals surface area contributed by atoms with Gasteiger partial charge in [0.2, 0.25) is 0 Å². The minimum absolute atomic E-state index is 0.548. The number of aromatic nitrogens is 1. The first-order valence-corrected chi connectivity index (χ1v) is 6.09. The molecule has 0 aliphatic carbocycles. The summed E-state index contributed by atoms with van der Waals surface area (Å²) in [6, 6.07) is 2.06. The topological polar surface area (TPSA) is 42.2 Å².